The second-order valence-electron chi connectivity index (χ2n) is 6.36. The van der Waals surface area contributed by atoms with Crippen LogP contribution in [0.1, 0.15) is 28.0 Å². The normalized spacial score (nSPS) is 17.5. The lowest BCUT2D eigenvalue weighted by Gasteiger charge is -2.32. The maximum Gasteiger partial charge on any atom is 0.254 e. The molecular weight excluding hydrogens is 330 g/mol. The predicted octanol–water partition coefficient (Wildman–Crippen LogP) is 2.52. The Morgan fingerprint density at radius 1 is 1.31 bits per heavy atom. The van der Waals surface area contributed by atoms with Gasteiger partial charge in [-0.3, -0.25) is 4.79 Å². The summed E-state index contributed by atoms with van der Waals surface area (Å²) in [6.07, 6.45) is -0.223. The summed E-state index contributed by atoms with van der Waals surface area (Å²) in [6, 6.07) is 11.3. The lowest BCUT2D eigenvalue weighted by atomic mass is 10.1. The molecular formula is C19H21N5O2. The molecule has 0 unspecified atom stereocenters. The smallest absolute Gasteiger partial charge is 0.254 e. The summed E-state index contributed by atoms with van der Waals surface area (Å²) in [4.78, 5) is 26.9. The van der Waals surface area contributed by atoms with E-state index in [0.29, 0.717) is 25.3 Å². The third kappa shape index (κ3) is 3.13. The van der Waals surface area contributed by atoms with Gasteiger partial charge in [-0.1, -0.05) is 6.07 Å². The highest BCUT2D eigenvalue weighted by Gasteiger charge is 2.27. The molecule has 0 spiro atoms. The van der Waals surface area contributed by atoms with Crippen LogP contribution in [0.2, 0.25) is 0 Å². The lowest BCUT2D eigenvalue weighted by Crippen LogP contribution is -2.42. The molecule has 1 saturated heterocycles. The van der Waals surface area contributed by atoms with Crippen molar-refractivity contribution in [2.75, 3.05) is 32.1 Å². The number of carbonyl (C=O) groups excluding carboxylic acids is 1. The SMILES string of the molecule is CNc1cccc([C@@H]2CN(C(=O)c3ccc4nc(C)[nH]c4c3)CCO2)n1. The van der Waals surface area contributed by atoms with Crippen molar-refractivity contribution in [1.29, 1.82) is 0 Å². The third-order valence-corrected chi connectivity index (χ3v) is 4.56. The zero-order valence-electron chi connectivity index (χ0n) is 14.8. The molecule has 1 atom stereocenters. The van der Waals surface area contributed by atoms with Crippen molar-refractivity contribution >= 4 is 22.8 Å². The summed E-state index contributed by atoms with van der Waals surface area (Å²) in [5, 5.41) is 3.03. The number of imidazole rings is 1. The first-order chi connectivity index (χ1) is 12.6. The highest BCUT2D eigenvalue weighted by Crippen LogP contribution is 2.23. The number of hydrogen-bond donors (Lipinski definition) is 2. The quantitative estimate of drug-likeness (QED) is 0.758. The number of H-pyrrole nitrogens is 1. The van der Waals surface area contributed by atoms with Crippen LogP contribution in [0.15, 0.2) is 36.4 Å². The van der Waals surface area contributed by atoms with Crippen LogP contribution in [0.5, 0.6) is 0 Å². The molecule has 1 aliphatic rings. The molecule has 3 heterocycles. The number of nitrogens with one attached hydrogen (secondary N) is 2. The van der Waals surface area contributed by atoms with Gasteiger partial charge in [0, 0.05) is 19.2 Å². The first-order valence-electron chi connectivity index (χ1n) is 8.66. The number of nitrogens with zero attached hydrogens (tertiary/aromatic N) is 3. The molecule has 1 amide bonds. The predicted molar refractivity (Wildman–Crippen MR) is 99.2 cm³/mol. The van der Waals surface area contributed by atoms with Crippen LogP contribution >= 0.6 is 0 Å². The second kappa shape index (κ2) is 6.76. The lowest BCUT2D eigenvalue weighted by molar-refractivity contribution is -0.0246. The summed E-state index contributed by atoms with van der Waals surface area (Å²) in [5.74, 6) is 1.62. The minimum Gasteiger partial charge on any atom is -0.373 e. The molecule has 2 aromatic heterocycles. The Kier molecular flexibility index (Phi) is 4.30. The van der Waals surface area contributed by atoms with Gasteiger partial charge in [-0.2, -0.15) is 0 Å². The standard InChI is InChI=1S/C19H21N5O2/c1-12-21-14-7-6-13(10-16(14)22-12)19(25)24-8-9-26-17(11-24)15-4-3-5-18(20-2)23-15/h3-7,10,17H,8-9,11H2,1-2H3,(H,20,23)(H,21,22)/t17-/m0/s1. The fraction of sp³-hybridized carbons (Fsp3) is 0.316. The number of rotatable bonds is 3. The Balaban J connectivity index is 1.55. The van der Waals surface area contributed by atoms with Gasteiger partial charge >= 0.3 is 0 Å². The number of amides is 1. The van der Waals surface area contributed by atoms with Gasteiger partial charge in [-0.25, -0.2) is 9.97 Å². The summed E-state index contributed by atoms with van der Waals surface area (Å²) in [6.45, 7) is 3.45. The van der Waals surface area contributed by atoms with Gasteiger partial charge in [0.2, 0.25) is 0 Å². The van der Waals surface area contributed by atoms with Gasteiger partial charge in [0.05, 0.1) is 29.9 Å². The maximum atomic E-state index is 13.0. The monoisotopic (exact) mass is 351 g/mol. The molecule has 26 heavy (non-hydrogen) atoms. The molecule has 134 valence electrons. The number of anilines is 1. The van der Waals surface area contributed by atoms with Crippen LogP contribution in [0.3, 0.4) is 0 Å². The number of ether oxygens (including phenoxy) is 1. The van der Waals surface area contributed by atoms with Crippen LogP contribution in [0, 0.1) is 6.92 Å². The van der Waals surface area contributed by atoms with Crippen molar-refractivity contribution in [2.24, 2.45) is 0 Å². The highest BCUT2D eigenvalue weighted by atomic mass is 16.5. The first kappa shape index (κ1) is 16.5. The van der Waals surface area contributed by atoms with Crippen molar-refractivity contribution in [3.63, 3.8) is 0 Å². The van der Waals surface area contributed by atoms with Crippen LogP contribution in [0.4, 0.5) is 5.82 Å². The Morgan fingerprint density at radius 3 is 3.04 bits per heavy atom. The van der Waals surface area contributed by atoms with Gasteiger partial charge in [-0.15, -0.1) is 0 Å². The molecule has 7 heteroatoms. The van der Waals surface area contributed by atoms with Gasteiger partial charge < -0.3 is 19.9 Å². The van der Waals surface area contributed by atoms with E-state index in [0.717, 1.165) is 28.4 Å². The number of aromatic nitrogens is 3. The van der Waals surface area contributed by atoms with E-state index in [-0.39, 0.29) is 12.0 Å². The number of carbonyl (C=O) groups is 1. The summed E-state index contributed by atoms with van der Waals surface area (Å²) >= 11 is 0. The van der Waals surface area contributed by atoms with Crippen molar-refractivity contribution in [3.8, 4) is 0 Å². The van der Waals surface area contributed by atoms with Crippen LogP contribution in [0.25, 0.3) is 11.0 Å². The Labute approximate surface area is 151 Å². The Hall–Kier alpha value is -2.93. The number of aromatic amines is 1. The van der Waals surface area contributed by atoms with Crippen LogP contribution in [-0.4, -0.2) is 52.5 Å². The number of fused-ring (bicyclic) bond motifs is 1. The topological polar surface area (TPSA) is 83.1 Å². The highest BCUT2D eigenvalue weighted by molar-refractivity contribution is 5.97. The van der Waals surface area contributed by atoms with E-state index in [1.165, 1.54) is 0 Å². The fourth-order valence-electron chi connectivity index (χ4n) is 3.24. The minimum absolute atomic E-state index is 0.00257. The average molecular weight is 351 g/mol. The van der Waals surface area contributed by atoms with Gasteiger partial charge in [0.1, 0.15) is 17.7 Å². The largest absolute Gasteiger partial charge is 0.373 e. The van der Waals surface area contributed by atoms with E-state index in [4.69, 9.17) is 4.74 Å². The number of hydrogen-bond acceptors (Lipinski definition) is 5. The molecule has 0 saturated carbocycles. The number of pyridine rings is 1. The summed E-state index contributed by atoms with van der Waals surface area (Å²) in [7, 11) is 1.83. The number of aryl methyl sites for hydroxylation is 1. The molecule has 0 aliphatic carbocycles. The van der Waals surface area contributed by atoms with Crippen LogP contribution in [-0.2, 0) is 4.74 Å². The van der Waals surface area contributed by atoms with Crippen molar-refractivity contribution in [3.05, 3.63) is 53.5 Å². The van der Waals surface area contributed by atoms with Crippen molar-refractivity contribution in [2.45, 2.75) is 13.0 Å². The van der Waals surface area contributed by atoms with Crippen molar-refractivity contribution in [1.82, 2.24) is 19.9 Å². The molecule has 0 radical (unpaired) electrons. The van der Waals surface area contributed by atoms with Gasteiger partial charge in [0.15, 0.2) is 0 Å². The van der Waals surface area contributed by atoms with Crippen molar-refractivity contribution < 1.29 is 9.53 Å². The van der Waals surface area contributed by atoms with Gasteiger partial charge in [-0.05, 0) is 37.3 Å². The molecule has 0 bridgehead atoms. The third-order valence-electron chi connectivity index (χ3n) is 4.56. The molecule has 1 fully saturated rings. The van der Waals surface area contributed by atoms with Gasteiger partial charge in [0.25, 0.3) is 5.91 Å². The Morgan fingerprint density at radius 2 is 2.19 bits per heavy atom. The average Bonchev–Trinajstić information content (AvgIpc) is 3.06. The summed E-state index contributed by atoms with van der Waals surface area (Å²) < 4.78 is 5.85. The van der Waals surface area contributed by atoms with Crippen LogP contribution < -0.4 is 5.32 Å². The number of morpholine rings is 1. The molecule has 1 aromatic carbocycles. The molecule has 1 aliphatic heterocycles. The van der Waals surface area contributed by atoms with E-state index in [9.17, 15) is 4.79 Å². The maximum absolute atomic E-state index is 13.0. The van der Waals surface area contributed by atoms with E-state index in [1.54, 1.807) is 0 Å². The molecule has 4 rings (SSSR count). The summed E-state index contributed by atoms with van der Waals surface area (Å²) in [5.41, 5.74) is 3.22. The van der Waals surface area contributed by atoms with E-state index >= 15 is 0 Å². The fourth-order valence-corrected chi connectivity index (χ4v) is 3.24. The second-order valence-corrected chi connectivity index (χ2v) is 6.36. The van der Waals surface area contributed by atoms with E-state index in [2.05, 4.69) is 20.3 Å². The molecule has 2 N–H and O–H groups in total. The zero-order valence-corrected chi connectivity index (χ0v) is 14.8. The molecule has 3 aromatic rings. The zero-order chi connectivity index (χ0) is 18.1. The van der Waals surface area contributed by atoms with E-state index < -0.39 is 0 Å². The minimum atomic E-state index is -0.223. The van der Waals surface area contributed by atoms with E-state index in [1.807, 2.05) is 55.3 Å². The first-order valence-corrected chi connectivity index (χ1v) is 8.66. The number of benzene rings is 1. The Bertz CT molecular complexity index is 952. The molecule has 7 nitrogen and oxygen atoms in total.